The second-order valence-corrected chi connectivity index (χ2v) is 8.29. The quantitative estimate of drug-likeness (QED) is 0.266. The smallest absolute Gasteiger partial charge is 0.262 e. The number of halogens is 1. The van der Waals surface area contributed by atoms with Crippen LogP contribution in [0.15, 0.2) is 82.8 Å². The Kier molecular flexibility index (Phi) is 8.71. The second-order valence-electron chi connectivity index (χ2n) is 6.81. The number of thioether (sulfide) groups is 1. The molecule has 0 radical (unpaired) electrons. The molecule has 0 aliphatic rings. The van der Waals surface area contributed by atoms with Gasteiger partial charge in [-0.3, -0.25) is 9.59 Å². The maximum absolute atomic E-state index is 12.0. The highest BCUT2D eigenvalue weighted by atomic mass is 35.5. The molecule has 0 spiro atoms. The summed E-state index contributed by atoms with van der Waals surface area (Å²) in [6, 6.07) is 21.9. The summed E-state index contributed by atoms with van der Waals surface area (Å²) in [6.07, 6.45) is 1.54. The highest BCUT2D eigenvalue weighted by Gasteiger charge is 2.04. The summed E-state index contributed by atoms with van der Waals surface area (Å²) in [5.41, 5.74) is 5.13. The average Bonchev–Trinajstić information content (AvgIpc) is 2.80. The number of carbonyl (C=O) groups excluding carboxylic acids is 2. The number of nitrogens with zero attached hydrogens (tertiary/aromatic N) is 1. The van der Waals surface area contributed by atoms with Crippen LogP contribution in [0.1, 0.15) is 11.1 Å². The van der Waals surface area contributed by atoms with Crippen molar-refractivity contribution in [2.75, 3.05) is 17.7 Å². The van der Waals surface area contributed by atoms with E-state index < -0.39 is 0 Å². The Hall–Kier alpha value is -3.29. The van der Waals surface area contributed by atoms with Gasteiger partial charge in [0.1, 0.15) is 5.75 Å². The number of benzene rings is 3. The van der Waals surface area contributed by atoms with Crippen LogP contribution >= 0.6 is 23.4 Å². The third-order valence-corrected chi connectivity index (χ3v) is 5.44. The number of anilines is 1. The predicted octanol–water partition coefficient (Wildman–Crippen LogP) is 4.91. The number of hydrogen-bond donors (Lipinski definition) is 2. The zero-order valence-corrected chi connectivity index (χ0v) is 19.0. The van der Waals surface area contributed by atoms with Crippen molar-refractivity contribution in [1.29, 1.82) is 0 Å². The van der Waals surface area contributed by atoms with Gasteiger partial charge in [0.2, 0.25) is 5.91 Å². The van der Waals surface area contributed by atoms with Crippen molar-refractivity contribution in [2.45, 2.75) is 11.8 Å². The average molecular weight is 468 g/mol. The molecule has 3 rings (SSSR count). The molecule has 0 bridgehead atoms. The molecule has 3 aromatic rings. The van der Waals surface area contributed by atoms with E-state index in [0.29, 0.717) is 10.8 Å². The normalized spacial score (nSPS) is 10.7. The van der Waals surface area contributed by atoms with Gasteiger partial charge in [-0.1, -0.05) is 29.3 Å². The molecule has 2 amide bonds. The first-order valence-corrected chi connectivity index (χ1v) is 11.1. The monoisotopic (exact) mass is 467 g/mol. The Morgan fingerprint density at radius 3 is 2.34 bits per heavy atom. The minimum absolute atomic E-state index is 0.0946. The van der Waals surface area contributed by atoms with E-state index in [9.17, 15) is 9.59 Å². The number of carbonyl (C=O) groups is 2. The first kappa shape index (κ1) is 23.4. The Labute approximate surface area is 196 Å². The van der Waals surface area contributed by atoms with E-state index in [2.05, 4.69) is 15.8 Å². The third kappa shape index (κ3) is 8.09. The van der Waals surface area contributed by atoms with Crippen molar-refractivity contribution in [3.63, 3.8) is 0 Å². The molecule has 0 atom stereocenters. The summed E-state index contributed by atoms with van der Waals surface area (Å²) in [4.78, 5) is 24.8. The Morgan fingerprint density at radius 2 is 1.66 bits per heavy atom. The molecule has 8 heteroatoms. The molecule has 2 N–H and O–H groups in total. The largest absolute Gasteiger partial charge is 0.484 e. The van der Waals surface area contributed by atoms with Gasteiger partial charge < -0.3 is 10.1 Å². The van der Waals surface area contributed by atoms with E-state index in [1.807, 2.05) is 43.3 Å². The summed E-state index contributed by atoms with van der Waals surface area (Å²) in [5.74, 6) is 0.361. The molecule has 0 aliphatic carbocycles. The highest BCUT2D eigenvalue weighted by Crippen LogP contribution is 2.20. The molecule has 0 aliphatic heterocycles. The predicted molar refractivity (Wildman–Crippen MR) is 130 cm³/mol. The number of aryl methyl sites for hydroxylation is 1. The van der Waals surface area contributed by atoms with Crippen molar-refractivity contribution >= 4 is 47.1 Å². The standard InChI is InChI=1S/C24H22ClN3O3S/c1-17-2-8-20(9-3-17)27-23(29)15-31-21-10-4-18(5-11-21)14-26-28-24(30)16-32-22-12-6-19(25)7-13-22/h2-14H,15-16H2,1H3,(H,27,29)(H,28,30)/b26-14-. The Morgan fingerprint density at radius 1 is 0.969 bits per heavy atom. The van der Waals surface area contributed by atoms with Crippen molar-refractivity contribution in [1.82, 2.24) is 5.43 Å². The highest BCUT2D eigenvalue weighted by molar-refractivity contribution is 8.00. The molecule has 0 saturated heterocycles. The van der Waals surface area contributed by atoms with E-state index in [1.54, 1.807) is 42.6 Å². The summed E-state index contributed by atoms with van der Waals surface area (Å²) < 4.78 is 5.51. The molecule has 0 aromatic heterocycles. The minimum atomic E-state index is -0.237. The van der Waals surface area contributed by atoms with E-state index in [-0.39, 0.29) is 24.2 Å². The van der Waals surface area contributed by atoms with Gasteiger partial charge in [-0.25, -0.2) is 5.43 Å². The first-order chi connectivity index (χ1) is 15.5. The van der Waals surface area contributed by atoms with Gasteiger partial charge in [-0.15, -0.1) is 11.8 Å². The zero-order valence-electron chi connectivity index (χ0n) is 17.4. The van der Waals surface area contributed by atoms with Crippen LogP contribution in [-0.4, -0.2) is 30.4 Å². The molecule has 3 aromatic carbocycles. The van der Waals surface area contributed by atoms with Crippen molar-refractivity contribution < 1.29 is 14.3 Å². The fraction of sp³-hybridized carbons (Fsp3) is 0.125. The van der Waals surface area contributed by atoms with Crippen LogP contribution in [0.3, 0.4) is 0 Å². The van der Waals surface area contributed by atoms with Gasteiger partial charge in [0.15, 0.2) is 6.61 Å². The van der Waals surface area contributed by atoms with Gasteiger partial charge in [0.25, 0.3) is 5.91 Å². The molecular weight excluding hydrogens is 446 g/mol. The number of amides is 2. The molecular formula is C24H22ClN3O3S. The molecule has 0 unspecified atom stereocenters. The number of hydrogen-bond acceptors (Lipinski definition) is 5. The van der Waals surface area contributed by atoms with E-state index >= 15 is 0 Å². The lowest BCUT2D eigenvalue weighted by Gasteiger charge is -2.08. The van der Waals surface area contributed by atoms with Crippen LogP contribution < -0.4 is 15.5 Å². The fourth-order valence-corrected chi connectivity index (χ4v) is 3.34. The molecule has 0 saturated carbocycles. The number of rotatable bonds is 9. The zero-order chi connectivity index (χ0) is 22.8. The second kappa shape index (κ2) is 11.9. The molecule has 164 valence electrons. The molecule has 32 heavy (non-hydrogen) atoms. The van der Waals surface area contributed by atoms with Crippen LogP contribution in [0, 0.1) is 6.92 Å². The van der Waals surface area contributed by atoms with Crippen molar-refractivity contribution in [3.05, 3.63) is 88.9 Å². The van der Waals surface area contributed by atoms with Gasteiger partial charge in [-0.05, 0) is 73.2 Å². The fourth-order valence-electron chi connectivity index (χ4n) is 2.52. The van der Waals surface area contributed by atoms with Gasteiger partial charge >= 0.3 is 0 Å². The van der Waals surface area contributed by atoms with Crippen LogP contribution in [0.4, 0.5) is 5.69 Å². The van der Waals surface area contributed by atoms with Gasteiger partial charge in [-0.2, -0.15) is 5.10 Å². The summed E-state index contributed by atoms with van der Waals surface area (Å²) in [6.45, 7) is 1.89. The summed E-state index contributed by atoms with van der Waals surface area (Å²) in [7, 11) is 0. The van der Waals surface area contributed by atoms with Crippen LogP contribution in [0.5, 0.6) is 5.75 Å². The summed E-state index contributed by atoms with van der Waals surface area (Å²) >= 11 is 7.24. The van der Waals surface area contributed by atoms with Gasteiger partial charge in [0, 0.05) is 15.6 Å². The number of hydrazone groups is 1. The topological polar surface area (TPSA) is 79.8 Å². The van der Waals surface area contributed by atoms with Gasteiger partial charge in [0.05, 0.1) is 12.0 Å². The van der Waals surface area contributed by atoms with Crippen molar-refractivity contribution in [2.24, 2.45) is 5.10 Å². The SMILES string of the molecule is Cc1ccc(NC(=O)COc2ccc(/C=N\NC(=O)CSc3ccc(Cl)cc3)cc2)cc1. The van der Waals surface area contributed by atoms with E-state index in [1.165, 1.54) is 11.8 Å². The maximum atomic E-state index is 12.0. The lowest BCUT2D eigenvalue weighted by Crippen LogP contribution is -2.20. The van der Waals surface area contributed by atoms with E-state index in [4.69, 9.17) is 16.3 Å². The number of ether oxygens (including phenoxy) is 1. The Balaban J connectivity index is 1.38. The van der Waals surface area contributed by atoms with Crippen LogP contribution in [-0.2, 0) is 9.59 Å². The third-order valence-electron chi connectivity index (χ3n) is 4.17. The molecule has 0 fully saturated rings. The van der Waals surface area contributed by atoms with Crippen molar-refractivity contribution in [3.8, 4) is 5.75 Å². The molecule has 0 heterocycles. The van der Waals surface area contributed by atoms with Crippen LogP contribution in [0.25, 0.3) is 0 Å². The number of nitrogens with one attached hydrogen (secondary N) is 2. The lowest BCUT2D eigenvalue weighted by atomic mass is 10.2. The summed E-state index contributed by atoms with van der Waals surface area (Å²) in [5, 5.41) is 7.40. The maximum Gasteiger partial charge on any atom is 0.262 e. The minimum Gasteiger partial charge on any atom is -0.484 e. The molecule has 6 nitrogen and oxygen atoms in total. The van der Waals surface area contributed by atoms with Crippen LogP contribution in [0.2, 0.25) is 5.02 Å². The lowest BCUT2D eigenvalue weighted by molar-refractivity contribution is -0.119. The Bertz CT molecular complexity index is 1070. The first-order valence-electron chi connectivity index (χ1n) is 9.77. The van der Waals surface area contributed by atoms with E-state index in [0.717, 1.165) is 21.7 Å².